The molecule has 52 valence electrons. The van der Waals surface area contributed by atoms with Crippen molar-refractivity contribution in [3.05, 3.63) is 0 Å². The van der Waals surface area contributed by atoms with E-state index in [9.17, 15) is 4.79 Å². The van der Waals surface area contributed by atoms with Crippen LogP contribution in [-0.4, -0.2) is 30.6 Å². The summed E-state index contributed by atoms with van der Waals surface area (Å²) < 4.78 is 7.54. The van der Waals surface area contributed by atoms with E-state index in [0.717, 1.165) is 11.9 Å². The van der Waals surface area contributed by atoms with Gasteiger partial charge in [0.2, 0.25) is 6.35 Å². The predicted molar refractivity (Wildman–Crippen MR) is 34.7 cm³/mol. The molecule has 1 aliphatic heterocycles. The Labute approximate surface area is 57.7 Å². The van der Waals surface area contributed by atoms with Crippen molar-refractivity contribution >= 4 is 17.2 Å². The molecule has 0 saturated carbocycles. The van der Waals surface area contributed by atoms with E-state index in [0.29, 0.717) is 0 Å². The molecule has 5 heteroatoms. The van der Waals surface area contributed by atoms with Crippen LogP contribution in [0.1, 0.15) is 0 Å². The van der Waals surface area contributed by atoms with Crippen molar-refractivity contribution in [1.82, 2.24) is 9.62 Å². The molecule has 0 aromatic rings. The van der Waals surface area contributed by atoms with Gasteiger partial charge in [0.1, 0.15) is 0 Å². The maximum absolute atomic E-state index is 10.4. The molecule has 1 unspecified atom stereocenters. The second-order valence-corrected chi connectivity index (χ2v) is 2.68. The van der Waals surface area contributed by atoms with E-state index in [2.05, 4.69) is 4.72 Å². The van der Waals surface area contributed by atoms with Gasteiger partial charge in [0.05, 0.1) is 0 Å². The molecule has 1 N–H and O–H groups in total. The molecule has 0 radical (unpaired) electrons. The largest absolute Gasteiger partial charge is 0.423 e. The number of ether oxygens (including phenoxy) is 1. The van der Waals surface area contributed by atoms with E-state index in [1.165, 1.54) is 0 Å². The SMILES string of the molecule is CN(C)C1NSC(=O)O1. The lowest BCUT2D eigenvalue weighted by atomic mass is 10.8. The maximum Gasteiger partial charge on any atom is 0.385 e. The van der Waals surface area contributed by atoms with Crippen molar-refractivity contribution in [3.63, 3.8) is 0 Å². The molecule has 0 aliphatic carbocycles. The van der Waals surface area contributed by atoms with E-state index < -0.39 is 0 Å². The van der Waals surface area contributed by atoms with Gasteiger partial charge in [0, 0.05) is 11.9 Å². The number of nitrogens with zero attached hydrogens (tertiary/aromatic N) is 1. The zero-order chi connectivity index (χ0) is 6.85. The second kappa shape index (κ2) is 2.55. The summed E-state index contributed by atoms with van der Waals surface area (Å²) >= 11 is 0.981. The number of cyclic esters (lactones) is 1. The minimum absolute atomic E-state index is 0.262. The summed E-state index contributed by atoms with van der Waals surface area (Å²) in [5.41, 5.74) is 0. The molecule has 4 nitrogen and oxygen atoms in total. The van der Waals surface area contributed by atoms with Gasteiger partial charge in [-0.3, -0.25) is 4.90 Å². The Hall–Kier alpha value is -0.260. The Balaban J connectivity index is 2.39. The average Bonchev–Trinajstić information content (AvgIpc) is 2.14. The van der Waals surface area contributed by atoms with Crippen molar-refractivity contribution in [3.8, 4) is 0 Å². The standard InChI is InChI=1S/C4H8N2O2S/c1-6(2)3-5-9-4(7)8-3/h3,5H,1-2H3. The average molecular weight is 148 g/mol. The van der Waals surface area contributed by atoms with E-state index in [1.54, 1.807) is 4.90 Å². The highest BCUT2D eigenvalue weighted by Gasteiger charge is 2.24. The van der Waals surface area contributed by atoms with Gasteiger partial charge < -0.3 is 4.74 Å². The van der Waals surface area contributed by atoms with E-state index in [-0.39, 0.29) is 11.7 Å². The lowest BCUT2D eigenvalue weighted by Gasteiger charge is -2.15. The number of carbonyl (C=O) groups excluding carboxylic acids is 1. The van der Waals surface area contributed by atoms with Crippen molar-refractivity contribution in [1.29, 1.82) is 0 Å². The van der Waals surface area contributed by atoms with Gasteiger partial charge in [-0.1, -0.05) is 0 Å². The second-order valence-electron chi connectivity index (χ2n) is 1.90. The summed E-state index contributed by atoms with van der Waals surface area (Å²) in [5, 5.41) is -0.270. The molecule has 1 saturated heterocycles. The Kier molecular flexibility index (Phi) is 1.94. The topological polar surface area (TPSA) is 41.6 Å². The van der Waals surface area contributed by atoms with Crippen LogP contribution in [0.25, 0.3) is 0 Å². The predicted octanol–water partition coefficient (Wildman–Crippen LogP) is 0.220. The molecule has 9 heavy (non-hydrogen) atoms. The van der Waals surface area contributed by atoms with Crippen LogP contribution in [0.4, 0.5) is 4.79 Å². The molecule has 1 rings (SSSR count). The number of nitrogens with one attached hydrogen (secondary N) is 1. The zero-order valence-corrected chi connectivity index (χ0v) is 6.07. The first-order valence-electron chi connectivity index (χ1n) is 2.49. The number of hydrogen-bond donors (Lipinski definition) is 1. The highest BCUT2D eigenvalue weighted by atomic mass is 32.2. The smallest absolute Gasteiger partial charge is 0.385 e. The van der Waals surface area contributed by atoms with Crippen molar-refractivity contribution in [2.24, 2.45) is 0 Å². The fraction of sp³-hybridized carbons (Fsp3) is 0.750. The molecular weight excluding hydrogens is 140 g/mol. The summed E-state index contributed by atoms with van der Waals surface area (Å²) in [5.74, 6) is 0. The summed E-state index contributed by atoms with van der Waals surface area (Å²) in [6.45, 7) is 0. The Morgan fingerprint density at radius 1 is 1.78 bits per heavy atom. The van der Waals surface area contributed by atoms with Crippen LogP contribution in [0.5, 0.6) is 0 Å². The summed E-state index contributed by atoms with van der Waals surface area (Å²) in [6.07, 6.45) is -0.262. The van der Waals surface area contributed by atoms with Crippen LogP contribution in [-0.2, 0) is 4.74 Å². The van der Waals surface area contributed by atoms with Crippen LogP contribution in [0.2, 0.25) is 0 Å². The Bertz CT molecular complexity index is 128. The molecular formula is C4H8N2O2S. The first-order chi connectivity index (χ1) is 4.20. The quantitative estimate of drug-likeness (QED) is 0.425. The molecule has 1 heterocycles. The minimum Gasteiger partial charge on any atom is -0.423 e. The van der Waals surface area contributed by atoms with Gasteiger partial charge in [-0.05, 0) is 14.1 Å². The van der Waals surface area contributed by atoms with Crippen LogP contribution in [0.3, 0.4) is 0 Å². The number of rotatable bonds is 1. The third-order valence-electron chi connectivity index (χ3n) is 0.920. The van der Waals surface area contributed by atoms with Gasteiger partial charge in [0.15, 0.2) is 0 Å². The third-order valence-corrected chi connectivity index (χ3v) is 1.50. The normalized spacial score (nSPS) is 27.0. The highest BCUT2D eigenvalue weighted by molar-refractivity contribution is 8.11. The molecule has 1 aliphatic rings. The van der Waals surface area contributed by atoms with Crippen LogP contribution in [0, 0.1) is 0 Å². The van der Waals surface area contributed by atoms with Gasteiger partial charge in [-0.25, -0.2) is 9.52 Å². The maximum atomic E-state index is 10.4. The zero-order valence-electron chi connectivity index (χ0n) is 5.25. The number of hydrogen-bond acceptors (Lipinski definition) is 5. The molecule has 1 fully saturated rings. The molecule has 0 bridgehead atoms. The summed E-state index contributed by atoms with van der Waals surface area (Å²) in [4.78, 5) is 12.2. The van der Waals surface area contributed by atoms with E-state index >= 15 is 0 Å². The minimum atomic E-state index is -0.270. The molecule has 0 aromatic carbocycles. The van der Waals surface area contributed by atoms with Crippen LogP contribution in [0.15, 0.2) is 0 Å². The molecule has 0 aromatic heterocycles. The highest BCUT2D eigenvalue weighted by Crippen LogP contribution is 2.13. The van der Waals surface area contributed by atoms with Gasteiger partial charge in [0.25, 0.3) is 0 Å². The van der Waals surface area contributed by atoms with Gasteiger partial charge in [-0.2, -0.15) is 0 Å². The lowest BCUT2D eigenvalue weighted by Crippen LogP contribution is -2.35. The molecule has 0 amide bonds. The first kappa shape index (κ1) is 6.85. The summed E-state index contributed by atoms with van der Waals surface area (Å²) in [7, 11) is 3.66. The van der Waals surface area contributed by atoms with Gasteiger partial charge >= 0.3 is 5.30 Å². The summed E-state index contributed by atoms with van der Waals surface area (Å²) in [6, 6.07) is 0. The Morgan fingerprint density at radius 2 is 2.44 bits per heavy atom. The third kappa shape index (κ3) is 1.57. The van der Waals surface area contributed by atoms with E-state index in [4.69, 9.17) is 4.74 Å². The first-order valence-corrected chi connectivity index (χ1v) is 3.31. The fourth-order valence-electron chi connectivity index (χ4n) is 0.449. The van der Waals surface area contributed by atoms with Gasteiger partial charge in [-0.15, -0.1) is 0 Å². The monoisotopic (exact) mass is 148 g/mol. The number of carbonyl (C=O) groups is 1. The van der Waals surface area contributed by atoms with Crippen molar-refractivity contribution in [2.75, 3.05) is 14.1 Å². The van der Waals surface area contributed by atoms with Crippen LogP contribution >= 0.6 is 11.9 Å². The van der Waals surface area contributed by atoms with Crippen molar-refractivity contribution < 1.29 is 9.53 Å². The van der Waals surface area contributed by atoms with E-state index in [1.807, 2.05) is 14.1 Å². The molecule has 1 atom stereocenters. The lowest BCUT2D eigenvalue weighted by molar-refractivity contribution is 0.0340. The van der Waals surface area contributed by atoms with Crippen molar-refractivity contribution in [2.45, 2.75) is 6.35 Å². The van der Waals surface area contributed by atoms with Crippen LogP contribution < -0.4 is 4.72 Å². The fourth-order valence-corrected chi connectivity index (χ4v) is 1.04. The Morgan fingerprint density at radius 3 is 2.67 bits per heavy atom. The molecule has 0 spiro atoms.